The van der Waals surface area contributed by atoms with Gasteiger partial charge in [-0.2, -0.15) is 0 Å². The summed E-state index contributed by atoms with van der Waals surface area (Å²) in [6.45, 7) is 3.28. The molecule has 12 heteroatoms. The van der Waals surface area contributed by atoms with E-state index in [0.29, 0.717) is 44.5 Å². The fourth-order valence-electron chi connectivity index (χ4n) is 7.30. The Morgan fingerprint density at radius 1 is 1.00 bits per heavy atom. The summed E-state index contributed by atoms with van der Waals surface area (Å²) in [7, 11) is 3.30. The van der Waals surface area contributed by atoms with Gasteiger partial charge in [-0.25, -0.2) is 9.78 Å². The van der Waals surface area contributed by atoms with Crippen LogP contribution in [0.2, 0.25) is 0 Å². The summed E-state index contributed by atoms with van der Waals surface area (Å²) in [4.78, 5) is 37.5. The van der Waals surface area contributed by atoms with E-state index in [1.807, 2.05) is 46.7 Å². The minimum Gasteiger partial charge on any atom is -0.497 e. The van der Waals surface area contributed by atoms with Crippen molar-refractivity contribution in [1.82, 2.24) is 25.0 Å². The number of aromatic nitrogens is 1. The first kappa shape index (κ1) is 30.6. The van der Waals surface area contributed by atoms with E-state index in [-0.39, 0.29) is 30.8 Å². The van der Waals surface area contributed by atoms with Crippen LogP contribution in [0, 0.1) is 0 Å². The van der Waals surface area contributed by atoms with Gasteiger partial charge in [-0.3, -0.25) is 9.69 Å². The van der Waals surface area contributed by atoms with Crippen molar-refractivity contribution in [2.75, 3.05) is 34.1 Å². The summed E-state index contributed by atoms with van der Waals surface area (Å²) in [5.41, 5.74) is 2.58. The third kappa shape index (κ3) is 6.32. The predicted octanol–water partition coefficient (Wildman–Crippen LogP) is 5.03. The van der Waals surface area contributed by atoms with Crippen LogP contribution in [0.5, 0.6) is 23.0 Å². The van der Waals surface area contributed by atoms with E-state index in [1.165, 1.54) is 24.2 Å². The summed E-state index contributed by atoms with van der Waals surface area (Å²) in [5, 5.41) is 5.94. The predicted molar refractivity (Wildman–Crippen MR) is 173 cm³/mol. The molecule has 1 aromatic heterocycles. The lowest BCUT2D eigenvalue weighted by Crippen LogP contribution is -2.51. The molecule has 1 saturated carbocycles. The number of carbonyl (C=O) groups is 2. The first-order valence-electron chi connectivity index (χ1n) is 16.1. The Bertz CT molecular complexity index is 1570. The monoisotopic (exact) mass is 647 g/mol. The maximum absolute atomic E-state index is 13.6. The van der Waals surface area contributed by atoms with Crippen LogP contribution in [-0.4, -0.2) is 83.8 Å². The number of benzene rings is 2. The molecule has 1 aliphatic carbocycles. The molecule has 4 aliphatic rings. The highest BCUT2D eigenvalue weighted by Gasteiger charge is 2.44. The van der Waals surface area contributed by atoms with E-state index < -0.39 is 0 Å². The summed E-state index contributed by atoms with van der Waals surface area (Å²) in [6, 6.07) is 12.7. The van der Waals surface area contributed by atoms with Gasteiger partial charge >= 0.3 is 6.03 Å². The zero-order valence-electron chi connectivity index (χ0n) is 26.4. The molecule has 4 heterocycles. The molecule has 3 aliphatic heterocycles. The van der Waals surface area contributed by atoms with Gasteiger partial charge in [0.2, 0.25) is 6.79 Å². The Balaban J connectivity index is 1.02. The van der Waals surface area contributed by atoms with Crippen LogP contribution in [0.25, 0.3) is 0 Å². The second-order valence-corrected chi connectivity index (χ2v) is 13.4. The Morgan fingerprint density at radius 2 is 1.83 bits per heavy atom. The van der Waals surface area contributed by atoms with Gasteiger partial charge < -0.3 is 34.1 Å². The molecule has 2 atom stereocenters. The lowest BCUT2D eigenvalue weighted by atomic mass is 9.89. The number of thiazole rings is 1. The number of hydrogen-bond donors (Lipinski definition) is 1. The highest BCUT2D eigenvalue weighted by Crippen LogP contribution is 2.35. The zero-order valence-corrected chi connectivity index (χ0v) is 27.2. The van der Waals surface area contributed by atoms with Crippen molar-refractivity contribution in [2.45, 2.75) is 76.3 Å². The maximum Gasteiger partial charge on any atom is 0.318 e. The van der Waals surface area contributed by atoms with Crippen LogP contribution in [0.15, 0.2) is 41.8 Å². The summed E-state index contributed by atoms with van der Waals surface area (Å²) in [5.74, 6) is 2.94. The van der Waals surface area contributed by atoms with Gasteiger partial charge in [0.1, 0.15) is 22.2 Å². The van der Waals surface area contributed by atoms with Gasteiger partial charge in [-0.15, -0.1) is 11.3 Å². The van der Waals surface area contributed by atoms with Crippen molar-refractivity contribution in [2.24, 2.45) is 0 Å². The number of methoxy groups -OCH3 is 2. The number of ether oxygens (including phenoxy) is 4. The molecule has 244 valence electrons. The SMILES string of the molecule is COc1ccc(CN(Cc2ccc3c(c2)OCO3)Cc2nc(C(=O)N3CCC(N4C(=O)NC5CCCCC54)CC3)cs2)c(OC)c1. The van der Waals surface area contributed by atoms with Gasteiger partial charge in [0.05, 0.1) is 32.8 Å². The minimum absolute atomic E-state index is 0.0403. The second-order valence-electron chi connectivity index (χ2n) is 12.5. The Kier molecular flexibility index (Phi) is 8.90. The fourth-order valence-corrected chi connectivity index (χ4v) is 8.11. The largest absolute Gasteiger partial charge is 0.497 e. The number of hydrogen-bond acceptors (Lipinski definition) is 9. The first-order valence-corrected chi connectivity index (χ1v) is 17.0. The molecular formula is C34H41N5O6S. The van der Waals surface area contributed by atoms with E-state index in [9.17, 15) is 9.59 Å². The van der Waals surface area contributed by atoms with Crippen molar-refractivity contribution in [1.29, 1.82) is 0 Å². The topological polar surface area (TPSA) is 106 Å². The van der Waals surface area contributed by atoms with E-state index in [1.54, 1.807) is 14.2 Å². The summed E-state index contributed by atoms with van der Waals surface area (Å²) in [6.07, 6.45) is 6.10. The van der Waals surface area contributed by atoms with Crippen LogP contribution in [0.4, 0.5) is 4.79 Å². The molecule has 7 rings (SSSR count). The molecule has 46 heavy (non-hydrogen) atoms. The average molecular weight is 648 g/mol. The number of piperidine rings is 1. The minimum atomic E-state index is -0.0403. The molecule has 2 unspecified atom stereocenters. The standard InChI is InChI=1S/C34H41N5O6S/c1-42-25-9-8-23(30(16-25)43-2)18-37(17-22-7-10-29-31(15-22)45-21-44-29)19-32-35-27(20-46-32)33(40)38-13-11-24(12-14-38)39-28-6-4-3-5-26(28)36-34(39)41/h7-10,15-16,20,24,26,28H,3-6,11-14,17-19,21H2,1-2H3,(H,36,41). The number of amides is 3. The number of nitrogens with zero attached hydrogens (tertiary/aromatic N) is 4. The second kappa shape index (κ2) is 13.4. The molecular weight excluding hydrogens is 606 g/mol. The van der Waals surface area contributed by atoms with Gasteiger partial charge in [-0.05, 0) is 49.4 Å². The van der Waals surface area contributed by atoms with Gasteiger partial charge in [0.15, 0.2) is 11.5 Å². The van der Waals surface area contributed by atoms with E-state index >= 15 is 0 Å². The molecule has 2 aromatic carbocycles. The van der Waals surface area contributed by atoms with Gasteiger partial charge in [0.25, 0.3) is 5.91 Å². The Labute approximate surface area is 273 Å². The number of likely N-dealkylation sites (tertiary alicyclic amines) is 1. The van der Waals surface area contributed by atoms with Gasteiger partial charge in [0, 0.05) is 49.2 Å². The third-order valence-corrected chi connectivity index (χ3v) is 10.5. The fraction of sp³-hybridized carbons (Fsp3) is 0.500. The summed E-state index contributed by atoms with van der Waals surface area (Å²) < 4.78 is 22.2. The first-order chi connectivity index (χ1) is 22.5. The quantitative estimate of drug-likeness (QED) is 0.327. The maximum atomic E-state index is 13.6. The highest BCUT2D eigenvalue weighted by atomic mass is 32.1. The molecule has 0 bridgehead atoms. The van der Waals surface area contributed by atoms with E-state index in [4.69, 9.17) is 23.9 Å². The van der Waals surface area contributed by atoms with Crippen LogP contribution >= 0.6 is 11.3 Å². The highest BCUT2D eigenvalue weighted by molar-refractivity contribution is 7.09. The van der Waals surface area contributed by atoms with Crippen LogP contribution in [0.1, 0.15) is 65.1 Å². The Hall–Kier alpha value is -4.03. The van der Waals surface area contributed by atoms with Crippen molar-refractivity contribution in [3.8, 4) is 23.0 Å². The Morgan fingerprint density at radius 3 is 2.65 bits per heavy atom. The van der Waals surface area contributed by atoms with Gasteiger partial charge in [-0.1, -0.05) is 25.0 Å². The van der Waals surface area contributed by atoms with Crippen molar-refractivity contribution >= 4 is 23.3 Å². The van der Waals surface area contributed by atoms with Crippen LogP contribution < -0.4 is 24.3 Å². The van der Waals surface area contributed by atoms with E-state index in [0.717, 1.165) is 64.8 Å². The number of fused-ring (bicyclic) bond motifs is 2. The summed E-state index contributed by atoms with van der Waals surface area (Å²) >= 11 is 1.50. The normalized spacial score (nSPS) is 21.0. The van der Waals surface area contributed by atoms with Crippen molar-refractivity contribution in [3.63, 3.8) is 0 Å². The van der Waals surface area contributed by atoms with Crippen LogP contribution in [0.3, 0.4) is 0 Å². The molecule has 0 radical (unpaired) electrons. The average Bonchev–Trinajstić information content (AvgIpc) is 3.83. The number of rotatable bonds is 10. The van der Waals surface area contributed by atoms with Crippen molar-refractivity contribution < 1.29 is 28.5 Å². The lowest BCUT2D eigenvalue weighted by Gasteiger charge is -2.40. The number of urea groups is 1. The molecule has 11 nitrogen and oxygen atoms in total. The van der Waals surface area contributed by atoms with Crippen molar-refractivity contribution in [3.05, 3.63) is 63.6 Å². The zero-order chi connectivity index (χ0) is 31.6. The molecule has 3 fully saturated rings. The molecule has 3 amide bonds. The molecule has 1 N–H and O–H groups in total. The smallest absolute Gasteiger partial charge is 0.318 e. The third-order valence-electron chi connectivity index (χ3n) is 9.64. The number of nitrogens with one attached hydrogen (secondary N) is 1. The molecule has 2 saturated heterocycles. The molecule has 3 aromatic rings. The lowest BCUT2D eigenvalue weighted by molar-refractivity contribution is 0.0618. The van der Waals surface area contributed by atoms with E-state index in [2.05, 4.69) is 15.1 Å². The number of carbonyl (C=O) groups excluding carboxylic acids is 2. The molecule has 0 spiro atoms. The van der Waals surface area contributed by atoms with Crippen LogP contribution in [-0.2, 0) is 19.6 Å².